The zero-order chi connectivity index (χ0) is 12.9. The van der Waals surface area contributed by atoms with Crippen molar-refractivity contribution in [2.75, 3.05) is 0 Å². The molecule has 2 aromatic carbocycles. The summed E-state index contributed by atoms with van der Waals surface area (Å²) in [4.78, 5) is 0. The highest BCUT2D eigenvalue weighted by atomic mass is 32.1. The van der Waals surface area contributed by atoms with Gasteiger partial charge >= 0.3 is 0 Å². The molecule has 0 spiro atoms. The van der Waals surface area contributed by atoms with Gasteiger partial charge in [-0.1, -0.05) is 36.4 Å². The lowest BCUT2D eigenvalue weighted by atomic mass is 10.3. The van der Waals surface area contributed by atoms with Gasteiger partial charge in [-0.25, -0.2) is 0 Å². The number of aromatic nitrogens is 2. The quantitative estimate of drug-likeness (QED) is 0.715. The SMILES string of the molecule is c1ccc(Oc2nsnc2Oc2ccccc2)cc1. The molecule has 0 bridgehead atoms. The molecular weight excluding hydrogens is 260 g/mol. The zero-order valence-corrected chi connectivity index (χ0v) is 10.7. The Hall–Kier alpha value is -2.40. The van der Waals surface area contributed by atoms with Crippen LogP contribution in [0.5, 0.6) is 23.3 Å². The zero-order valence-electron chi connectivity index (χ0n) is 9.89. The summed E-state index contributed by atoms with van der Waals surface area (Å²) < 4.78 is 19.4. The van der Waals surface area contributed by atoms with Crippen LogP contribution in [0.25, 0.3) is 0 Å². The van der Waals surface area contributed by atoms with Gasteiger partial charge in [0.05, 0.1) is 11.7 Å². The van der Waals surface area contributed by atoms with E-state index in [1.165, 1.54) is 0 Å². The lowest BCUT2D eigenvalue weighted by Crippen LogP contribution is -1.89. The fourth-order valence-electron chi connectivity index (χ4n) is 1.50. The van der Waals surface area contributed by atoms with Gasteiger partial charge in [0.15, 0.2) is 0 Å². The van der Waals surface area contributed by atoms with Crippen molar-refractivity contribution >= 4 is 11.7 Å². The minimum atomic E-state index is 0.375. The first-order valence-corrected chi connectivity index (χ1v) is 6.43. The Kier molecular flexibility index (Phi) is 3.38. The molecule has 0 saturated carbocycles. The van der Waals surface area contributed by atoms with E-state index in [2.05, 4.69) is 8.75 Å². The van der Waals surface area contributed by atoms with Gasteiger partial charge in [0.1, 0.15) is 11.5 Å². The third kappa shape index (κ3) is 2.89. The van der Waals surface area contributed by atoms with Crippen LogP contribution in [0.2, 0.25) is 0 Å². The average molecular weight is 270 g/mol. The summed E-state index contributed by atoms with van der Waals surface area (Å²) in [5.74, 6) is 2.15. The minimum Gasteiger partial charge on any atom is -0.434 e. The van der Waals surface area contributed by atoms with Gasteiger partial charge in [-0.2, -0.15) is 0 Å². The lowest BCUT2D eigenvalue weighted by molar-refractivity contribution is 0.402. The highest BCUT2D eigenvalue weighted by Gasteiger charge is 2.12. The van der Waals surface area contributed by atoms with E-state index in [9.17, 15) is 0 Å². The lowest BCUT2D eigenvalue weighted by Gasteiger charge is -2.05. The number of benzene rings is 2. The molecule has 0 N–H and O–H groups in total. The molecule has 5 heteroatoms. The van der Waals surface area contributed by atoms with E-state index in [1.807, 2.05) is 60.7 Å². The smallest absolute Gasteiger partial charge is 0.297 e. The maximum atomic E-state index is 5.63. The first kappa shape index (κ1) is 11.7. The molecule has 0 fully saturated rings. The van der Waals surface area contributed by atoms with Crippen molar-refractivity contribution in [3.8, 4) is 23.3 Å². The third-order valence-corrected chi connectivity index (χ3v) is 2.84. The van der Waals surface area contributed by atoms with Gasteiger partial charge < -0.3 is 9.47 Å². The second-order valence-corrected chi connectivity index (χ2v) is 4.23. The number of nitrogens with zero attached hydrogens (tertiary/aromatic N) is 2. The van der Waals surface area contributed by atoms with Crippen molar-refractivity contribution < 1.29 is 9.47 Å². The number of hydrogen-bond donors (Lipinski definition) is 0. The highest BCUT2D eigenvalue weighted by Crippen LogP contribution is 2.32. The van der Waals surface area contributed by atoms with Gasteiger partial charge in [0.25, 0.3) is 11.8 Å². The van der Waals surface area contributed by atoms with Gasteiger partial charge in [0, 0.05) is 0 Å². The summed E-state index contributed by atoms with van der Waals surface area (Å²) in [5, 5.41) is 0. The molecular formula is C14H10N2O2S. The summed E-state index contributed by atoms with van der Waals surface area (Å²) in [6.07, 6.45) is 0. The average Bonchev–Trinajstić information content (AvgIpc) is 2.88. The normalized spacial score (nSPS) is 10.1. The maximum Gasteiger partial charge on any atom is 0.297 e. The number of hydrogen-bond acceptors (Lipinski definition) is 5. The van der Waals surface area contributed by atoms with Crippen molar-refractivity contribution in [2.45, 2.75) is 0 Å². The molecule has 1 heterocycles. The van der Waals surface area contributed by atoms with Crippen LogP contribution in [-0.4, -0.2) is 8.75 Å². The van der Waals surface area contributed by atoms with Gasteiger partial charge in [0.2, 0.25) is 0 Å². The Labute approximate surface area is 114 Å². The van der Waals surface area contributed by atoms with Crippen LogP contribution in [0.15, 0.2) is 60.7 Å². The first-order chi connectivity index (χ1) is 9.42. The van der Waals surface area contributed by atoms with Crippen LogP contribution < -0.4 is 9.47 Å². The van der Waals surface area contributed by atoms with Gasteiger partial charge in [-0.15, -0.1) is 8.75 Å². The Bertz CT molecular complexity index is 585. The molecule has 0 aliphatic rings. The highest BCUT2D eigenvalue weighted by molar-refractivity contribution is 6.99. The minimum absolute atomic E-state index is 0.375. The van der Waals surface area contributed by atoms with Crippen LogP contribution in [0.3, 0.4) is 0 Å². The van der Waals surface area contributed by atoms with Crippen LogP contribution in [-0.2, 0) is 0 Å². The molecule has 3 aromatic rings. The van der Waals surface area contributed by atoms with Crippen molar-refractivity contribution in [2.24, 2.45) is 0 Å². The van der Waals surface area contributed by atoms with Crippen LogP contribution in [0.1, 0.15) is 0 Å². The third-order valence-electron chi connectivity index (χ3n) is 2.35. The van der Waals surface area contributed by atoms with E-state index in [1.54, 1.807) is 0 Å². The molecule has 0 atom stereocenters. The monoisotopic (exact) mass is 270 g/mol. The topological polar surface area (TPSA) is 44.2 Å². The molecule has 0 aliphatic heterocycles. The van der Waals surface area contributed by atoms with E-state index in [0.717, 1.165) is 11.7 Å². The fourth-order valence-corrected chi connectivity index (χ4v) is 1.92. The Morgan fingerprint density at radius 2 is 1.05 bits per heavy atom. The Balaban J connectivity index is 1.79. The molecule has 0 unspecified atom stereocenters. The van der Waals surface area contributed by atoms with Crippen molar-refractivity contribution in [3.05, 3.63) is 60.7 Å². The molecule has 0 aliphatic carbocycles. The molecule has 0 radical (unpaired) electrons. The summed E-state index contributed by atoms with van der Waals surface area (Å²) in [6, 6.07) is 18.8. The summed E-state index contributed by atoms with van der Waals surface area (Å²) >= 11 is 1.05. The van der Waals surface area contributed by atoms with Crippen molar-refractivity contribution in [1.82, 2.24) is 8.75 Å². The van der Waals surface area contributed by atoms with E-state index in [4.69, 9.17) is 9.47 Å². The number of para-hydroxylation sites is 2. The molecule has 19 heavy (non-hydrogen) atoms. The van der Waals surface area contributed by atoms with Crippen molar-refractivity contribution in [1.29, 1.82) is 0 Å². The van der Waals surface area contributed by atoms with Crippen molar-refractivity contribution in [3.63, 3.8) is 0 Å². The van der Waals surface area contributed by atoms with E-state index >= 15 is 0 Å². The van der Waals surface area contributed by atoms with E-state index < -0.39 is 0 Å². The van der Waals surface area contributed by atoms with Crippen LogP contribution >= 0.6 is 11.7 Å². The van der Waals surface area contributed by atoms with E-state index in [-0.39, 0.29) is 0 Å². The molecule has 94 valence electrons. The largest absolute Gasteiger partial charge is 0.434 e. The standard InChI is InChI=1S/C14H10N2O2S/c1-3-7-11(8-4-1)17-13-14(16-19-15-13)18-12-9-5-2-6-10-12/h1-10H. The van der Waals surface area contributed by atoms with Crippen LogP contribution in [0, 0.1) is 0 Å². The molecule has 3 rings (SSSR count). The van der Waals surface area contributed by atoms with E-state index in [0.29, 0.717) is 23.3 Å². The second-order valence-electron chi connectivity index (χ2n) is 3.70. The second kappa shape index (κ2) is 5.49. The Morgan fingerprint density at radius 1 is 0.632 bits per heavy atom. The predicted molar refractivity (Wildman–Crippen MR) is 72.9 cm³/mol. The van der Waals surface area contributed by atoms with Gasteiger partial charge in [-0.3, -0.25) is 0 Å². The molecule has 0 amide bonds. The fraction of sp³-hybridized carbons (Fsp3) is 0. The first-order valence-electron chi connectivity index (χ1n) is 5.70. The summed E-state index contributed by atoms with van der Waals surface area (Å²) in [6.45, 7) is 0. The summed E-state index contributed by atoms with van der Waals surface area (Å²) in [5.41, 5.74) is 0. The molecule has 1 aromatic heterocycles. The maximum absolute atomic E-state index is 5.63. The number of rotatable bonds is 4. The van der Waals surface area contributed by atoms with Crippen LogP contribution in [0.4, 0.5) is 0 Å². The summed E-state index contributed by atoms with van der Waals surface area (Å²) in [7, 11) is 0. The molecule has 4 nitrogen and oxygen atoms in total. The number of ether oxygens (including phenoxy) is 2. The Morgan fingerprint density at radius 3 is 1.47 bits per heavy atom. The molecule has 0 saturated heterocycles. The van der Waals surface area contributed by atoms with Gasteiger partial charge in [-0.05, 0) is 24.3 Å². The predicted octanol–water partition coefficient (Wildman–Crippen LogP) is 4.12.